The highest BCUT2D eigenvalue weighted by molar-refractivity contribution is 6.00. The van der Waals surface area contributed by atoms with E-state index >= 15 is 0 Å². The summed E-state index contributed by atoms with van der Waals surface area (Å²) in [7, 11) is 0. The van der Waals surface area contributed by atoms with Crippen LogP contribution in [0.25, 0.3) is 0 Å². The van der Waals surface area contributed by atoms with Crippen LogP contribution in [-0.2, 0) is 9.53 Å². The van der Waals surface area contributed by atoms with E-state index in [9.17, 15) is 19.8 Å². The molecule has 2 N–H and O–H groups in total. The van der Waals surface area contributed by atoms with Gasteiger partial charge in [0, 0.05) is 6.07 Å². The number of phenols is 2. The number of aromatic hydroxyl groups is 2. The summed E-state index contributed by atoms with van der Waals surface area (Å²) < 4.78 is 4.85. The zero-order valence-corrected chi connectivity index (χ0v) is 9.48. The molecule has 5 nitrogen and oxygen atoms in total. The molecule has 90 valence electrons. The highest BCUT2D eigenvalue weighted by Gasteiger charge is 2.34. The van der Waals surface area contributed by atoms with Gasteiger partial charge in [-0.1, -0.05) is 0 Å². The molecule has 0 aromatic heterocycles. The van der Waals surface area contributed by atoms with Crippen LogP contribution in [0.3, 0.4) is 0 Å². The Morgan fingerprint density at radius 2 is 2.06 bits per heavy atom. The predicted molar refractivity (Wildman–Crippen MR) is 58.2 cm³/mol. The predicted octanol–water partition coefficient (Wildman–Crippen LogP) is 1.25. The van der Waals surface area contributed by atoms with Crippen LogP contribution in [-0.4, -0.2) is 28.6 Å². The number of phenolic OH excluding ortho intramolecular Hbond substituents is 2. The second-order valence-electron chi connectivity index (χ2n) is 4.09. The third-order valence-corrected chi connectivity index (χ3v) is 3.01. The van der Waals surface area contributed by atoms with Crippen LogP contribution in [0.15, 0.2) is 6.07 Å². The molecule has 0 saturated carbocycles. The first-order valence-electron chi connectivity index (χ1n) is 5.16. The number of benzene rings is 1. The van der Waals surface area contributed by atoms with Crippen molar-refractivity contribution in [2.45, 2.75) is 19.8 Å². The fourth-order valence-corrected chi connectivity index (χ4v) is 2.06. The van der Waals surface area contributed by atoms with Crippen LogP contribution in [0.2, 0.25) is 0 Å². The molecule has 0 aliphatic carbocycles. The zero-order chi connectivity index (χ0) is 12.7. The number of hydrogen-bond acceptors (Lipinski definition) is 5. The lowest BCUT2D eigenvalue weighted by Gasteiger charge is -2.25. The standard InChI is InChI=1S/C12H12O5/c1-5-8(14)3-9(15)11-10(5)7(6(2)13)4-17-12(11)16/h3,7,14-15H,4H2,1-2H3. The van der Waals surface area contributed by atoms with E-state index in [1.54, 1.807) is 6.92 Å². The lowest BCUT2D eigenvalue weighted by atomic mass is 9.85. The molecule has 1 unspecified atom stereocenters. The first-order chi connectivity index (χ1) is 7.93. The molecule has 5 heteroatoms. The minimum atomic E-state index is -0.668. The van der Waals surface area contributed by atoms with E-state index in [0.717, 1.165) is 6.07 Å². The minimum absolute atomic E-state index is 0.0215. The number of hydrogen-bond donors (Lipinski definition) is 2. The summed E-state index contributed by atoms with van der Waals surface area (Å²) in [4.78, 5) is 23.1. The van der Waals surface area contributed by atoms with Crippen molar-refractivity contribution in [3.8, 4) is 11.5 Å². The lowest BCUT2D eigenvalue weighted by Crippen LogP contribution is -2.27. The number of ketones is 1. The molecule has 2 rings (SSSR count). The van der Waals surface area contributed by atoms with Gasteiger partial charge in [0.25, 0.3) is 0 Å². The van der Waals surface area contributed by atoms with E-state index < -0.39 is 11.9 Å². The molecule has 1 aliphatic rings. The van der Waals surface area contributed by atoms with E-state index in [-0.39, 0.29) is 29.5 Å². The quantitative estimate of drug-likeness (QED) is 0.717. The number of Topliss-reactive ketones (excluding diaryl/α,β-unsaturated/α-hetero) is 1. The van der Waals surface area contributed by atoms with Gasteiger partial charge in [-0.25, -0.2) is 4.79 Å². The molecule has 0 amide bonds. The Morgan fingerprint density at radius 3 is 2.65 bits per heavy atom. The SMILES string of the molecule is CC(=O)C1COC(=O)c2c(O)cc(O)c(C)c21. The molecule has 1 aliphatic heterocycles. The van der Waals surface area contributed by atoms with Crippen molar-refractivity contribution in [2.75, 3.05) is 6.61 Å². The normalized spacial score (nSPS) is 18.5. The van der Waals surface area contributed by atoms with Crippen LogP contribution in [0.4, 0.5) is 0 Å². The van der Waals surface area contributed by atoms with Gasteiger partial charge in [-0.15, -0.1) is 0 Å². The summed E-state index contributed by atoms with van der Waals surface area (Å²) in [5, 5.41) is 19.3. The van der Waals surface area contributed by atoms with Gasteiger partial charge < -0.3 is 14.9 Å². The summed E-state index contributed by atoms with van der Waals surface area (Å²) >= 11 is 0. The van der Waals surface area contributed by atoms with Crippen molar-refractivity contribution in [1.29, 1.82) is 0 Å². The van der Waals surface area contributed by atoms with Gasteiger partial charge in [0.15, 0.2) is 0 Å². The number of rotatable bonds is 1. The maximum absolute atomic E-state index is 11.6. The van der Waals surface area contributed by atoms with Crippen molar-refractivity contribution in [3.05, 3.63) is 22.8 Å². The third kappa shape index (κ3) is 1.63. The molecule has 1 atom stereocenters. The molecule has 17 heavy (non-hydrogen) atoms. The van der Waals surface area contributed by atoms with Gasteiger partial charge in [0.1, 0.15) is 29.5 Å². The largest absolute Gasteiger partial charge is 0.508 e. The fourth-order valence-electron chi connectivity index (χ4n) is 2.06. The molecular weight excluding hydrogens is 224 g/mol. The van der Waals surface area contributed by atoms with Crippen molar-refractivity contribution < 1.29 is 24.5 Å². The van der Waals surface area contributed by atoms with Gasteiger partial charge in [-0.3, -0.25) is 4.79 Å². The Kier molecular flexibility index (Phi) is 2.53. The van der Waals surface area contributed by atoms with E-state index in [4.69, 9.17) is 4.74 Å². The average Bonchev–Trinajstić information content (AvgIpc) is 2.25. The van der Waals surface area contributed by atoms with Crippen LogP contribution < -0.4 is 0 Å². The maximum Gasteiger partial charge on any atom is 0.342 e. The Balaban J connectivity index is 2.76. The van der Waals surface area contributed by atoms with Crippen molar-refractivity contribution >= 4 is 11.8 Å². The number of cyclic esters (lactones) is 1. The van der Waals surface area contributed by atoms with E-state index in [1.165, 1.54) is 6.92 Å². The topological polar surface area (TPSA) is 83.8 Å². The first-order valence-corrected chi connectivity index (χ1v) is 5.16. The lowest BCUT2D eigenvalue weighted by molar-refractivity contribution is -0.119. The van der Waals surface area contributed by atoms with Gasteiger partial charge in [-0.2, -0.15) is 0 Å². The molecule has 1 heterocycles. The van der Waals surface area contributed by atoms with Gasteiger partial charge >= 0.3 is 5.97 Å². The minimum Gasteiger partial charge on any atom is -0.508 e. The second-order valence-corrected chi connectivity index (χ2v) is 4.09. The average molecular weight is 236 g/mol. The first kappa shape index (κ1) is 11.4. The van der Waals surface area contributed by atoms with E-state index in [1.807, 2.05) is 0 Å². The van der Waals surface area contributed by atoms with Crippen molar-refractivity contribution in [2.24, 2.45) is 0 Å². The van der Waals surface area contributed by atoms with E-state index in [2.05, 4.69) is 0 Å². The Bertz CT molecular complexity index is 518. The Labute approximate surface area is 97.6 Å². The summed E-state index contributed by atoms with van der Waals surface area (Å²) in [5.41, 5.74) is 0.771. The molecule has 0 radical (unpaired) electrons. The van der Waals surface area contributed by atoms with E-state index in [0.29, 0.717) is 11.1 Å². The molecule has 0 bridgehead atoms. The van der Waals surface area contributed by atoms with Gasteiger partial charge in [-0.05, 0) is 25.0 Å². The van der Waals surface area contributed by atoms with Crippen LogP contribution >= 0.6 is 0 Å². The molecule has 0 fully saturated rings. The summed E-state index contributed by atoms with van der Waals surface area (Å²) in [5.74, 6) is -1.97. The highest BCUT2D eigenvalue weighted by atomic mass is 16.5. The number of carbonyl (C=O) groups excluding carboxylic acids is 2. The number of fused-ring (bicyclic) bond motifs is 1. The second kappa shape index (κ2) is 3.76. The summed E-state index contributed by atoms with van der Waals surface area (Å²) in [6, 6.07) is 1.08. The monoisotopic (exact) mass is 236 g/mol. The number of esters is 1. The van der Waals surface area contributed by atoms with Crippen molar-refractivity contribution in [3.63, 3.8) is 0 Å². The summed E-state index contributed by atoms with van der Waals surface area (Å²) in [6.07, 6.45) is 0. The molecule has 1 aromatic carbocycles. The Morgan fingerprint density at radius 1 is 1.41 bits per heavy atom. The number of carbonyl (C=O) groups is 2. The smallest absolute Gasteiger partial charge is 0.342 e. The van der Waals surface area contributed by atoms with Gasteiger partial charge in [0.05, 0.1) is 5.92 Å². The molecule has 0 spiro atoms. The Hall–Kier alpha value is -2.04. The maximum atomic E-state index is 11.6. The zero-order valence-electron chi connectivity index (χ0n) is 9.48. The van der Waals surface area contributed by atoms with Crippen LogP contribution in [0.5, 0.6) is 11.5 Å². The van der Waals surface area contributed by atoms with Crippen LogP contribution in [0, 0.1) is 6.92 Å². The third-order valence-electron chi connectivity index (χ3n) is 3.01. The van der Waals surface area contributed by atoms with Gasteiger partial charge in [0.2, 0.25) is 0 Å². The molecular formula is C12H12O5. The molecule has 1 aromatic rings. The fraction of sp³-hybridized carbons (Fsp3) is 0.333. The van der Waals surface area contributed by atoms with Crippen molar-refractivity contribution in [1.82, 2.24) is 0 Å². The summed E-state index contributed by atoms with van der Waals surface area (Å²) in [6.45, 7) is 2.93. The van der Waals surface area contributed by atoms with Crippen LogP contribution in [0.1, 0.15) is 34.3 Å². The molecule has 0 saturated heterocycles. The number of ether oxygens (including phenoxy) is 1. The highest BCUT2D eigenvalue weighted by Crippen LogP contribution is 2.39.